The summed E-state index contributed by atoms with van der Waals surface area (Å²) in [5.41, 5.74) is -0.495. The van der Waals surface area contributed by atoms with Crippen LogP contribution in [0.15, 0.2) is 27.4 Å². The number of carbonyl (C=O) groups is 1. The van der Waals surface area contributed by atoms with E-state index in [2.05, 4.69) is 6.92 Å². The van der Waals surface area contributed by atoms with Gasteiger partial charge in [-0.3, -0.25) is 4.79 Å². The maximum atomic E-state index is 12.2. The number of esters is 1. The molecule has 1 aromatic carbocycles. The lowest BCUT2D eigenvalue weighted by Crippen LogP contribution is -2.09. The molecule has 0 fully saturated rings. The van der Waals surface area contributed by atoms with Crippen molar-refractivity contribution in [3.05, 3.63) is 28.6 Å². The molecular formula is C22H30O7. The van der Waals surface area contributed by atoms with E-state index in [1.807, 2.05) is 0 Å². The summed E-state index contributed by atoms with van der Waals surface area (Å²) in [6, 6.07) is 4.92. The van der Waals surface area contributed by atoms with Crippen LogP contribution in [-0.2, 0) is 9.53 Å². The van der Waals surface area contributed by atoms with Crippen molar-refractivity contribution in [2.75, 3.05) is 19.8 Å². The highest BCUT2D eigenvalue weighted by molar-refractivity contribution is 5.91. The summed E-state index contributed by atoms with van der Waals surface area (Å²) in [5.74, 6) is -0.447. The van der Waals surface area contributed by atoms with Gasteiger partial charge in [-0.05, 0) is 18.6 Å². The normalized spacial score (nSPS) is 10.8. The Morgan fingerprint density at radius 3 is 2.48 bits per heavy atom. The lowest BCUT2D eigenvalue weighted by molar-refractivity contribution is -0.141. The highest BCUT2D eigenvalue weighted by Crippen LogP contribution is 2.37. The van der Waals surface area contributed by atoms with E-state index in [0.29, 0.717) is 18.8 Å². The van der Waals surface area contributed by atoms with E-state index >= 15 is 0 Å². The number of unbranched alkanes of at least 4 members (excludes halogenated alkanes) is 5. The Morgan fingerprint density at radius 1 is 1.00 bits per heavy atom. The third-order valence-electron chi connectivity index (χ3n) is 4.42. The van der Waals surface area contributed by atoms with Gasteiger partial charge in [0.2, 0.25) is 5.75 Å². The van der Waals surface area contributed by atoms with Gasteiger partial charge in [0, 0.05) is 13.3 Å². The van der Waals surface area contributed by atoms with Crippen LogP contribution in [0.25, 0.3) is 11.0 Å². The first-order valence-electron chi connectivity index (χ1n) is 10.2. The van der Waals surface area contributed by atoms with Crippen LogP contribution < -0.4 is 15.1 Å². The van der Waals surface area contributed by atoms with Crippen molar-refractivity contribution in [2.24, 2.45) is 0 Å². The molecule has 0 aliphatic heterocycles. The van der Waals surface area contributed by atoms with Gasteiger partial charge in [0.15, 0.2) is 5.75 Å². The average molecular weight is 406 g/mol. The minimum absolute atomic E-state index is 0.193. The van der Waals surface area contributed by atoms with Gasteiger partial charge in [0.25, 0.3) is 0 Å². The molecule has 1 N–H and O–H groups in total. The van der Waals surface area contributed by atoms with Crippen LogP contribution in [-0.4, -0.2) is 30.9 Å². The average Bonchev–Trinajstić information content (AvgIpc) is 2.68. The Hall–Kier alpha value is -2.70. The summed E-state index contributed by atoms with van der Waals surface area (Å²) in [5, 5.41) is 10.9. The summed E-state index contributed by atoms with van der Waals surface area (Å²) in [7, 11) is 0. The number of ether oxygens (including phenoxy) is 3. The smallest absolute Gasteiger partial charge is 0.383 e. The van der Waals surface area contributed by atoms with E-state index in [1.165, 1.54) is 26.2 Å². The van der Waals surface area contributed by atoms with Crippen LogP contribution in [0.4, 0.5) is 0 Å². The molecule has 7 heteroatoms. The van der Waals surface area contributed by atoms with Gasteiger partial charge in [-0.1, -0.05) is 45.1 Å². The second kappa shape index (κ2) is 12.0. The molecule has 0 saturated carbocycles. The SMILES string of the molecule is CCCCCCCCOc1c(O)c2c(OCCCOC(C)=O)cccc2oc1=O. The second-order valence-electron chi connectivity index (χ2n) is 6.85. The fourth-order valence-corrected chi connectivity index (χ4v) is 2.95. The van der Waals surface area contributed by atoms with Crippen LogP contribution in [0.1, 0.15) is 58.8 Å². The van der Waals surface area contributed by atoms with E-state index in [-0.39, 0.29) is 41.7 Å². The maximum Gasteiger partial charge on any atom is 0.383 e. The molecule has 0 bridgehead atoms. The van der Waals surface area contributed by atoms with Crippen molar-refractivity contribution >= 4 is 16.9 Å². The monoisotopic (exact) mass is 406 g/mol. The van der Waals surface area contributed by atoms with Crippen LogP contribution in [0.2, 0.25) is 0 Å². The van der Waals surface area contributed by atoms with Crippen LogP contribution >= 0.6 is 0 Å². The first kappa shape index (κ1) is 22.6. The number of fused-ring (bicyclic) bond motifs is 1. The van der Waals surface area contributed by atoms with E-state index < -0.39 is 5.63 Å². The Morgan fingerprint density at radius 2 is 1.72 bits per heavy atom. The molecule has 0 radical (unpaired) electrons. The van der Waals surface area contributed by atoms with E-state index in [1.54, 1.807) is 18.2 Å². The molecule has 0 aliphatic carbocycles. The summed E-state index contributed by atoms with van der Waals surface area (Å²) in [6.07, 6.45) is 7.04. The van der Waals surface area contributed by atoms with Crippen LogP contribution in [0.5, 0.6) is 17.2 Å². The number of benzene rings is 1. The largest absolute Gasteiger partial charge is 0.503 e. The fraction of sp³-hybridized carbons (Fsp3) is 0.545. The molecule has 0 saturated heterocycles. The topological polar surface area (TPSA) is 95.2 Å². The highest BCUT2D eigenvalue weighted by Gasteiger charge is 2.19. The van der Waals surface area contributed by atoms with Crippen LogP contribution in [0.3, 0.4) is 0 Å². The third-order valence-corrected chi connectivity index (χ3v) is 4.42. The fourth-order valence-electron chi connectivity index (χ4n) is 2.95. The van der Waals surface area contributed by atoms with Crippen molar-refractivity contribution in [1.82, 2.24) is 0 Å². The lowest BCUT2D eigenvalue weighted by atomic mass is 10.1. The molecular weight excluding hydrogens is 376 g/mol. The Kier molecular flexibility index (Phi) is 9.34. The van der Waals surface area contributed by atoms with Crippen molar-refractivity contribution in [2.45, 2.75) is 58.8 Å². The van der Waals surface area contributed by atoms with E-state index in [4.69, 9.17) is 18.6 Å². The third kappa shape index (κ3) is 7.00. The number of hydrogen-bond acceptors (Lipinski definition) is 7. The number of aromatic hydroxyl groups is 1. The Bertz CT molecular complexity index is 841. The van der Waals surface area contributed by atoms with Crippen molar-refractivity contribution in [1.29, 1.82) is 0 Å². The molecule has 2 aromatic rings. The molecule has 2 rings (SSSR count). The molecule has 0 atom stereocenters. The zero-order valence-corrected chi connectivity index (χ0v) is 17.2. The van der Waals surface area contributed by atoms with Gasteiger partial charge in [-0.25, -0.2) is 4.79 Å². The minimum Gasteiger partial charge on any atom is -0.503 e. The quantitative estimate of drug-likeness (QED) is 0.296. The second-order valence-corrected chi connectivity index (χ2v) is 6.85. The van der Waals surface area contributed by atoms with Gasteiger partial charge in [0.05, 0.1) is 19.8 Å². The van der Waals surface area contributed by atoms with Gasteiger partial charge >= 0.3 is 11.6 Å². The molecule has 1 aromatic heterocycles. The maximum absolute atomic E-state index is 12.2. The first-order chi connectivity index (χ1) is 14.0. The standard InChI is InChI=1S/C22H30O7/c1-3-4-5-6-7-8-13-28-21-20(24)19-17(27-15-10-14-26-16(2)23)11-9-12-18(19)29-22(21)25/h9,11-12,24H,3-8,10,13-15H2,1-2H3. The molecule has 0 aliphatic rings. The zero-order valence-electron chi connectivity index (χ0n) is 17.2. The van der Waals surface area contributed by atoms with Crippen LogP contribution in [0, 0.1) is 0 Å². The number of rotatable bonds is 13. The highest BCUT2D eigenvalue weighted by atomic mass is 16.5. The van der Waals surface area contributed by atoms with Gasteiger partial charge < -0.3 is 23.7 Å². The molecule has 1 heterocycles. The number of hydrogen-bond donors (Lipinski definition) is 1. The first-order valence-corrected chi connectivity index (χ1v) is 10.2. The van der Waals surface area contributed by atoms with E-state index in [0.717, 1.165) is 19.3 Å². The van der Waals surface area contributed by atoms with Crippen molar-refractivity contribution in [3.63, 3.8) is 0 Å². The lowest BCUT2D eigenvalue weighted by Gasteiger charge is -2.12. The Labute approximate surface area is 170 Å². The summed E-state index contributed by atoms with van der Waals surface area (Å²) in [6.45, 7) is 4.37. The summed E-state index contributed by atoms with van der Waals surface area (Å²) in [4.78, 5) is 23.0. The minimum atomic E-state index is -0.715. The molecule has 7 nitrogen and oxygen atoms in total. The molecule has 0 spiro atoms. The van der Waals surface area contributed by atoms with Gasteiger partial charge in [-0.15, -0.1) is 0 Å². The predicted molar refractivity (Wildman–Crippen MR) is 110 cm³/mol. The number of carbonyl (C=O) groups excluding carboxylic acids is 1. The van der Waals surface area contributed by atoms with Crippen molar-refractivity contribution in [3.8, 4) is 17.2 Å². The van der Waals surface area contributed by atoms with Gasteiger partial charge in [0.1, 0.15) is 16.7 Å². The zero-order chi connectivity index (χ0) is 21.1. The van der Waals surface area contributed by atoms with E-state index in [9.17, 15) is 14.7 Å². The van der Waals surface area contributed by atoms with Gasteiger partial charge in [-0.2, -0.15) is 0 Å². The molecule has 0 unspecified atom stereocenters. The summed E-state index contributed by atoms with van der Waals surface area (Å²) < 4.78 is 21.4. The molecule has 0 amide bonds. The summed E-state index contributed by atoms with van der Waals surface area (Å²) >= 11 is 0. The predicted octanol–water partition coefficient (Wildman–Crippen LogP) is 4.57. The van der Waals surface area contributed by atoms with Crippen molar-refractivity contribution < 1.29 is 28.5 Å². The molecule has 29 heavy (non-hydrogen) atoms. The Balaban J connectivity index is 2.02. The molecule has 160 valence electrons.